The largest absolute Gasteiger partial charge is 0.493 e. The molecule has 2 rings (SSSR count). The Labute approximate surface area is 119 Å². The number of hydrogen-bond donors (Lipinski definition) is 1. The highest BCUT2D eigenvalue weighted by Gasteiger charge is 2.49. The summed E-state index contributed by atoms with van der Waals surface area (Å²) in [7, 11) is 3.22. The summed E-state index contributed by atoms with van der Waals surface area (Å²) >= 11 is 0. The first-order valence-electron chi connectivity index (χ1n) is 6.92. The summed E-state index contributed by atoms with van der Waals surface area (Å²) in [4.78, 5) is 11.2. The number of rotatable bonds is 6. The molecule has 1 N–H and O–H groups in total. The van der Waals surface area contributed by atoms with Gasteiger partial charge in [-0.25, -0.2) is 0 Å². The third-order valence-corrected chi connectivity index (χ3v) is 4.07. The van der Waals surface area contributed by atoms with Crippen LogP contribution in [0.2, 0.25) is 0 Å². The van der Waals surface area contributed by atoms with Gasteiger partial charge in [-0.3, -0.25) is 4.79 Å². The van der Waals surface area contributed by atoms with Gasteiger partial charge in [0.25, 0.3) is 0 Å². The molecule has 0 radical (unpaired) electrons. The van der Waals surface area contributed by atoms with Crippen LogP contribution in [-0.2, 0) is 10.2 Å². The number of benzene rings is 1. The lowest BCUT2D eigenvalue weighted by molar-refractivity contribution is -0.137. The van der Waals surface area contributed by atoms with Crippen molar-refractivity contribution in [2.75, 3.05) is 14.2 Å². The highest BCUT2D eigenvalue weighted by Crippen LogP contribution is 2.57. The van der Waals surface area contributed by atoms with E-state index in [0.717, 1.165) is 24.0 Å². The first-order chi connectivity index (χ1) is 9.45. The average Bonchev–Trinajstić information content (AvgIpc) is 3.16. The summed E-state index contributed by atoms with van der Waals surface area (Å²) < 4.78 is 10.9. The van der Waals surface area contributed by atoms with Gasteiger partial charge in [-0.2, -0.15) is 0 Å². The van der Waals surface area contributed by atoms with Crippen LogP contribution < -0.4 is 9.47 Å². The van der Waals surface area contributed by atoms with Crippen LogP contribution in [0.15, 0.2) is 12.1 Å². The van der Waals surface area contributed by atoms with Crippen LogP contribution in [0.1, 0.15) is 50.2 Å². The maximum absolute atomic E-state index is 11.2. The molecule has 0 amide bonds. The van der Waals surface area contributed by atoms with Gasteiger partial charge in [-0.1, -0.05) is 19.9 Å². The van der Waals surface area contributed by atoms with Crippen molar-refractivity contribution in [3.05, 3.63) is 23.3 Å². The predicted octanol–water partition coefficient (Wildman–Crippen LogP) is 3.33. The van der Waals surface area contributed by atoms with Gasteiger partial charge in [0.15, 0.2) is 11.5 Å². The van der Waals surface area contributed by atoms with E-state index >= 15 is 0 Å². The summed E-state index contributed by atoms with van der Waals surface area (Å²) in [5, 5.41) is 9.20. The van der Waals surface area contributed by atoms with Crippen molar-refractivity contribution >= 4 is 5.97 Å². The molecule has 110 valence electrons. The van der Waals surface area contributed by atoms with Crippen LogP contribution in [0.3, 0.4) is 0 Å². The fraction of sp³-hybridized carbons (Fsp3) is 0.562. The van der Waals surface area contributed by atoms with Gasteiger partial charge in [0.1, 0.15) is 0 Å². The maximum Gasteiger partial charge on any atom is 0.304 e. The van der Waals surface area contributed by atoms with Gasteiger partial charge in [0, 0.05) is 11.0 Å². The van der Waals surface area contributed by atoms with Gasteiger partial charge in [-0.05, 0) is 30.4 Å². The Morgan fingerprint density at radius 1 is 1.30 bits per heavy atom. The molecule has 4 nitrogen and oxygen atoms in total. The molecule has 0 atom stereocenters. The van der Waals surface area contributed by atoms with Crippen LogP contribution in [0.4, 0.5) is 0 Å². The zero-order valence-corrected chi connectivity index (χ0v) is 12.5. The third-order valence-electron chi connectivity index (χ3n) is 4.07. The molecule has 1 aromatic carbocycles. The van der Waals surface area contributed by atoms with Gasteiger partial charge in [0.2, 0.25) is 0 Å². The smallest absolute Gasteiger partial charge is 0.304 e. The molecule has 0 bridgehead atoms. The number of carbonyl (C=O) groups is 1. The van der Waals surface area contributed by atoms with Gasteiger partial charge in [-0.15, -0.1) is 0 Å². The molecular weight excluding hydrogens is 256 g/mol. The lowest BCUT2D eigenvalue weighted by Crippen LogP contribution is -2.17. The van der Waals surface area contributed by atoms with E-state index in [-0.39, 0.29) is 11.8 Å². The number of methoxy groups -OCH3 is 2. The molecule has 1 saturated carbocycles. The maximum atomic E-state index is 11.2. The van der Waals surface area contributed by atoms with Crippen LogP contribution in [-0.4, -0.2) is 25.3 Å². The van der Waals surface area contributed by atoms with Crippen molar-refractivity contribution in [2.45, 2.75) is 44.4 Å². The van der Waals surface area contributed by atoms with E-state index in [1.165, 1.54) is 0 Å². The van der Waals surface area contributed by atoms with Crippen molar-refractivity contribution < 1.29 is 19.4 Å². The molecule has 4 heteroatoms. The summed E-state index contributed by atoms with van der Waals surface area (Å²) in [6.07, 6.45) is 1.93. The highest BCUT2D eigenvalue weighted by atomic mass is 16.5. The molecule has 20 heavy (non-hydrogen) atoms. The van der Waals surface area contributed by atoms with Gasteiger partial charge >= 0.3 is 5.97 Å². The molecule has 1 aliphatic carbocycles. The second-order valence-electron chi connectivity index (χ2n) is 5.77. The molecule has 0 heterocycles. The standard InChI is InChI=1S/C16H22O4/c1-10(2)11-5-6-12(19-3)15(20-4)14(11)16(7-8-16)9-13(17)18/h5-6,10H,7-9H2,1-4H3,(H,17,18). The minimum Gasteiger partial charge on any atom is -0.493 e. The summed E-state index contributed by atoms with van der Waals surface area (Å²) in [6, 6.07) is 3.93. The first-order valence-corrected chi connectivity index (χ1v) is 6.92. The molecule has 0 saturated heterocycles. The van der Waals surface area contributed by atoms with Crippen LogP contribution >= 0.6 is 0 Å². The third kappa shape index (κ3) is 2.47. The molecule has 0 aliphatic heterocycles. The van der Waals surface area contributed by atoms with Gasteiger partial charge < -0.3 is 14.6 Å². The molecule has 0 unspecified atom stereocenters. The Morgan fingerprint density at radius 3 is 2.35 bits per heavy atom. The van der Waals surface area contributed by atoms with Gasteiger partial charge in [0.05, 0.1) is 20.6 Å². The normalized spacial score (nSPS) is 16.1. The minimum atomic E-state index is -0.762. The summed E-state index contributed by atoms with van der Waals surface area (Å²) in [6.45, 7) is 4.23. The molecular formula is C16H22O4. The van der Waals surface area contributed by atoms with Crippen molar-refractivity contribution in [1.29, 1.82) is 0 Å². The monoisotopic (exact) mass is 278 g/mol. The van der Waals surface area contributed by atoms with Crippen molar-refractivity contribution in [2.24, 2.45) is 0 Å². The SMILES string of the molecule is COc1ccc(C(C)C)c(C2(CC(=O)O)CC2)c1OC. The average molecular weight is 278 g/mol. The Balaban J connectivity index is 2.61. The number of carboxylic acids is 1. The number of hydrogen-bond acceptors (Lipinski definition) is 3. The lowest BCUT2D eigenvalue weighted by Gasteiger charge is -2.24. The number of aliphatic carboxylic acids is 1. The molecule has 0 aromatic heterocycles. The molecule has 0 spiro atoms. The Morgan fingerprint density at radius 2 is 1.95 bits per heavy atom. The molecule has 1 fully saturated rings. The van der Waals surface area contributed by atoms with E-state index < -0.39 is 5.97 Å². The zero-order valence-electron chi connectivity index (χ0n) is 12.5. The van der Waals surface area contributed by atoms with E-state index in [4.69, 9.17) is 9.47 Å². The number of ether oxygens (including phenoxy) is 2. The topological polar surface area (TPSA) is 55.8 Å². The molecule has 1 aliphatic rings. The van der Waals surface area contributed by atoms with Crippen molar-refractivity contribution in [3.8, 4) is 11.5 Å². The Hall–Kier alpha value is -1.71. The van der Waals surface area contributed by atoms with Crippen LogP contribution in [0, 0.1) is 0 Å². The Kier molecular flexibility index (Phi) is 3.93. The van der Waals surface area contributed by atoms with E-state index in [1.54, 1.807) is 14.2 Å². The minimum absolute atomic E-state index is 0.149. The quantitative estimate of drug-likeness (QED) is 0.867. The first kappa shape index (κ1) is 14.7. The lowest BCUT2D eigenvalue weighted by atomic mass is 9.83. The zero-order chi connectivity index (χ0) is 14.9. The van der Waals surface area contributed by atoms with Crippen molar-refractivity contribution in [1.82, 2.24) is 0 Å². The summed E-state index contributed by atoms with van der Waals surface area (Å²) in [5.74, 6) is 0.916. The van der Waals surface area contributed by atoms with E-state index in [2.05, 4.69) is 13.8 Å². The fourth-order valence-electron chi connectivity index (χ4n) is 2.93. The fourth-order valence-corrected chi connectivity index (χ4v) is 2.93. The second-order valence-corrected chi connectivity index (χ2v) is 5.77. The van der Waals surface area contributed by atoms with Crippen molar-refractivity contribution in [3.63, 3.8) is 0 Å². The van der Waals surface area contributed by atoms with E-state index in [9.17, 15) is 9.90 Å². The Bertz CT molecular complexity index is 515. The van der Waals surface area contributed by atoms with E-state index in [1.807, 2.05) is 12.1 Å². The predicted molar refractivity (Wildman–Crippen MR) is 76.8 cm³/mol. The van der Waals surface area contributed by atoms with Crippen LogP contribution in [0.5, 0.6) is 11.5 Å². The van der Waals surface area contributed by atoms with E-state index in [0.29, 0.717) is 17.4 Å². The second kappa shape index (κ2) is 5.35. The summed E-state index contributed by atoms with van der Waals surface area (Å²) in [5.41, 5.74) is 1.89. The number of carboxylic acid groups (broad SMARTS) is 1. The molecule has 1 aromatic rings. The van der Waals surface area contributed by atoms with Crippen LogP contribution in [0.25, 0.3) is 0 Å². The highest BCUT2D eigenvalue weighted by molar-refractivity contribution is 5.72.